The van der Waals surface area contributed by atoms with E-state index in [0.29, 0.717) is 5.56 Å². The second-order valence-corrected chi connectivity index (χ2v) is 7.57. The van der Waals surface area contributed by atoms with Gasteiger partial charge in [-0.1, -0.05) is 24.6 Å². The van der Waals surface area contributed by atoms with E-state index in [1.165, 1.54) is 19.3 Å². The van der Waals surface area contributed by atoms with Crippen LogP contribution < -0.4 is 0 Å². The molecule has 0 radical (unpaired) electrons. The van der Waals surface area contributed by atoms with Gasteiger partial charge in [-0.2, -0.15) is 5.26 Å². The SMILES string of the molecule is Cc1c(C#N)ccc2cc(C(=O)C3CCCN(C4CCC4)C3)ccc12. The van der Waals surface area contributed by atoms with Crippen LogP contribution in [0, 0.1) is 24.2 Å². The van der Waals surface area contributed by atoms with E-state index in [4.69, 9.17) is 0 Å². The second kappa shape index (κ2) is 6.61. The summed E-state index contributed by atoms with van der Waals surface area (Å²) in [5, 5.41) is 11.3. The molecule has 3 heteroatoms. The zero-order valence-corrected chi connectivity index (χ0v) is 14.8. The summed E-state index contributed by atoms with van der Waals surface area (Å²) in [6, 6.07) is 12.7. The Balaban J connectivity index is 1.58. The van der Waals surface area contributed by atoms with Crippen LogP contribution in [0.5, 0.6) is 0 Å². The number of benzene rings is 2. The second-order valence-electron chi connectivity index (χ2n) is 7.57. The average molecular weight is 332 g/mol. The number of carbonyl (C=O) groups is 1. The number of hydrogen-bond donors (Lipinski definition) is 0. The number of carbonyl (C=O) groups excluding carboxylic acids is 1. The van der Waals surface area contributed by atoms with E-state index < -0.39 is 0 Å². The first-order valence-electron chi connectivity index (χ1n) is 9.39. The van der Waals surface area contributed by atoms with Crippen LogP contribution in [0.3, 0.4) is 0 Å². The fraction of sp³-hybridized carbons (Fsp3) is 0.455. The maximum absolute atomic E-state index is 13.0. The minimum absolute atomic E-state index is 0.131. The van der Waals surface area contributed by atoms with E-state index in [2.05, 4.69) is 11.0 Å². The Kier molecular flexibility index (Phi) is 4.31. The summed E-state index contributed by atoms with van der Waals surface area (Å²) in [7, 11) is 0. The molecule has 2 aromatic carbocycles. The molecule has 1 aliphatic heterocycles. The number of aryl methyl sites for hydroxylation is 1. The molecule has 0 N–H and O–H groups in total. The van der Waals surface area contributed by atoms with Crippen LogP contribution in [-0.2, 0) is 0 Å². The first kappa shape index (κ1) is 16.3. The zero-order chi connectivity index (χ0) is 17.4. The van der Waals surface area contributed by atoms with Gasteiger partial charge in [-0.15, -0.1) is 0 Å². The van der Waals surface area contributed by atoms with Crippen LogP contribution in [0.4, 0.5) is 0 Å². The Labute approximate surface area is 149 Å². The standard InChI is InChI=1S/C22H24N2O/c1-15-18(13-23)8-7-16-12-17(9-10-21(15)16)22(25)19-4-3-11-24(14-19)20-5-2-6-20/h7-10,12,19-20H,2-6,11,14H2,1H3. The van der Waals surface area contributed by atoms with Crippen molar-refractivity contribution in [1.82, 2.24) is 4.90 Å². The summed E-state index contributed by atoms with van der Waals surface area (Å²) >= 11 is 0. The van der Waals surface area contributed by atoms with Crippen LogP contribution in [0.1, 0.15) is 53.6 Å². The molecular formula is C22H24N2O. The third kappa shape index (κ3) is 2.96. The van der Waals surface area contributed by atoms with Crippen molar-refractivity contribution in [3.63, 3.8) is 0 Å². The third-order valence-corrected chi connectivity index (χ3v) is 6.11. The predicted molar refractivity (Wildman–Crippen MR) is 99.7 cm³/mol. The van der Waals surface area contributed by atoms with Gasteiger partial charge in [0.25, 0.3) is 0 Å². The van der Waals surface area contributed by atoms with Crippen molar-refractivity contribution in [3.8, 4) is 6.07 Å². The van der Waals surface area contributed by atoms with Gasteiger partial charge in [0.05, 0.1) is 11.6 Å². The Hall–Kier alpha value is -2.18. The summed E-state index contributed by atoms with van der Waals surface area (Å²) in [5.74, 6) is 0.416. The van der Waals surface area contributed by atoms with Gasteiger partial charge in [0.15, 0.2) is 5.78 Å². The molecule has 1 atom stereocenters. The lowest BCUT2D eigenvalue weighted by molar-refractivity contribution is 0.0612. The van der Waals surface area contributed by atoms with Crippen LogP contribution >= 0.6 is 0 Å². The van der Waals surface area contributed by atoms with E-state index in [1.54, 1.807) is 0 Å². The molecule has 2 aliphatic rings. The summed E-state index contributed by atoms with van der Waals surface area (Å²) < 4.78 is 0. The minimum atomic E-state index is 0.131. The highest BCUT2D eigenvalue weighted by molar-refractivity contribution is 6.02. The van der Waals surface area contributed by atoms with Crippen LogP contribution in [0.25, 0.3) is 10.8 Å². The highest BCUT2D eigenvalue weighted by atomic mass is 16.1. The third-order valence-electron chi connectivity index (χ3n) is 6.11. The monoisotopic (exact) mass is 332 g/mol. The highest BCUT2D eigenvalue weighted by Crippen LogP contribution is 2.31. The summed E-state index contributed by atoms with van der Waals surface area (Å²) in [4.78, 5) is 15.6. The maximum atomic E-state index is 13.0. The summed E-state index contributed by atoms with van der Waals surface area (Å²) in [5.41, 5.74) is 2.51. The quantitative estimate of drug-likeness (QED) is 0.779. The van der Waals surface area contributed by atoms with Crippen LogP contribution in [0.15, 0.2) is 30.3 Å². The molecule has 128 valence electrons. The summed E-state index contributed by atoms with van der Waals surface area (Å²) in [6.07, 6.45) is 6.08. The molecule has 1 saturated heterocycles. The predicted octanol–water partition coefficient (Wildman–Crippen LogP) is 4.47. The number of likely N-dealkylation sites (tertiary alicyclic amines) is 1. The van der Waals surface area contributed by atoms with Gasteiger partial charge in [-0.05, 0) is 67.6 Å². The Morgan fingerprint density at radius 2 is 2.00 bits per heavy atom. The number of nitriles is 1. The lowest BCUT2D eigenvalue weighted by Crippen LogP contribution is -2.47. The van der Waals surface area contributed by atoms with Crippen molar-refractivity contribution in [2.75, 3.05) is 13.1 Å². The largest absolute Gasteiger partial charge is 0.300 e. The molecule has 2 aromatic rings. The first-order chi connectivity index (χ1) is 12.2. The molecule has 1 saturated carbocycles. The van der Waals surface area contributed by atoms with Gasteiger partial charge in [-0.25, -0.2) is 0 Å². The van der Waals surface area contributed by atoms with Crippen molar-refractivity contribution in [2.24, 2.45) is 5.92 Å². The van der Waals surface area contributed by atoms with E-state index in [1.807, 2.05) is 37.3 Å². The Morgan fingerprint density at radius 3 is 2.72 bits per heavy atom. The van der Waals surface area contributed by atoms with Gasteiger partial charge >= 0.3 is 0 Å². The van der Waals surface area contributed by atoms with Crippen molar-refractivity contribution < 1.29 is 4.79 Å². The van der Waals surface area contributed by atoms with E-state index in [0.717, 1.165) is 53.9 Å². The van der Waals surface area contributed by atoms with Crippen molar-refractivity contribution in [1.29, 1.82) is 5.26 Å². The Morgan fingerprint density at radius 1 is 1.16 bits per heavy atom. The molecule has 25 heavy (non-hydrogen) atoms. The number of ketones is 1. The van der Waals surface area contributed by atoms with Gasteiger partial charge in [0.1, 0.15) is 0 Å². The lowest BCUT2D eigenvalue weighted by Gasteiger charge is -2.42. The molecule has 0 aromatic heterocycles. The summed E-state index contributed by atoms with van der Waals surface area (Å²) in [6.45, 7) is 4.05. The van der Waals surface area contributed by atoms with Gasteiger partial charge in [0.2, 0.25) is 0 Å². The smallest absolute Gasteiger partial charge is 0.167 e. The van der Waals surface area contributed by atoms with Crippen molar-refractivity contribution in [2.45, 2.75) is 45.1 Å². The number of hydrogen-bond acceptors (Lipinski definition) is 3. The van der Waals surface area contributed by atoms with Gasteiger partial charge in [-0.3, -0.25) is 9.69 Å². The normalized spacial score (nSPS) is 21.7. The highest BCUT2D eigenvalue weighted by Gasteiger charge is 2.32. The molecule has 0 spiro atoms. The van der Waals surface area contributed by atoms with Crippen molar-refractivity contribution in [3.05, 3.63) is 47.0 Å². The Bertz CT molecular complexity index is 860. The van der Waals surface area contributed by atoms with E-state index >= 15 is 0 Å². The molecule has 1 unspecified atom stereocenters. The van der Waals surface area contributed by atoms with E-state index in [9.17, 15) is 10.1 Å². The van der Waals surface area contributed by atoms with Crippen LogP contribution in [0.2, 0.25) is 0 Å². The number of nitrogens with zero attached hydrogens (tertiary/aromatic N) is 2. The zero-order valence-electron chi connectivity index (χ0n) is 14.8. The fourth-order valence-electron chi connectivity index (χ4n) is 4.30. The number of rotatable bonds is 3. The number of piperidine rings is 1. The van der Waals surface area contributed by atoms with Gasteiger partial charge in [0, 0.05) is 24.1 Å². The average Bonchev–Trinajstić information content (AvgIpc) is 2.60. The molecule has 0 bridgehead atoms. The molecule has 1 heterocycles. The van der Waals surface area contributed by atoms with Gasteiger partial charge < -0.3 is 0 Å². The molecular weight excluding hydrogens is 308 g/mol. The molecule has 4 rings (SSSR count). The molecule has 1 aliphatic carbocycles. The molecule has 0 amide bonds. The molecule has 2 fully saturated rings. The lowest BCUT2D eigenvalue weighted by atomic mass is 9.85. The molecule has 3 nitrogen and oxygen atoms in total. The van der Waals surface area contributed by atoms with Crippen molar-refractivity contribution >= 4 is 16.6 Å². The maximum Gasteiger partial charge on any atom is 0.167 e. The number of fused-ring (bicyclic) bond motifs is 1. The fourth-order valence-corrected chi connectivity index (χ4v) is 4.30. The number of Topliss-reactive ketones (excluding diaryl/α,β-unsaturated/α-hetero) is 1. The minimum Gasteiger partial charge on any atom is -0.300 e. The topological polar surface area (TPSA) is 44.1 Å². The van der Waals surface area contributed by atoms with E-state index in [-0.39, 0.29) is 11.7 Å². The van der Waals surface area contributed by atoms with Crippen LogP contribution in [-0.4, -0.2) is 29.8 Å². The first-order valence-corrected chi connectivity index (χ1v) is 9.39.